The first kappa shape index (κ1) is 11.6. The number of hydrogen-bond donors (Lipinski definition) is 1. The highest BCUT2D eigenvalue weighted by molar-refractivity contribution is 6.42. The van der Waals surface area contributed by atoms with E-state index in [1.54, 1.807) is 16.8 Å². The summed E-state index contributed by atoms with van der Waals surface area (Å²) in [4.78, 5) is 0. The van der Waals surface area contributed by atoms with Gasteiger partial charge in [-0.15, -0.1) is 5.10 Å². The Labute approximate surface area is 103 Å². The molecule has 16 heavy (non-hydrogen) atoms. The number of halogens is 2. The Morgan fingerprint density at radius 1 is 1.38 bits per heavy atom. The third kappa shape index (κ3) is 2.14. The van der Waals surface area contributed by atoms with E-state index in [0.717, 1.165) is 5.52 Å². The summed E-state index contributed by atoms with van der Waals surface area (Å²) in [6, 6.07) is 3.38. The van der Waals surface area contributed by atoms with Crippen molar-refractivity contribution < 1.29 is 5.11 Å². The van der Waals surface area contributed by atoms with Crippen molar-refractivity contribution in [1.82, 2.24) is 15.0 Å². The van der Waals surface area contributed by atoms with E-state index in [1.807, 2.05) is 6.92 Å². The normalized spacial score (nSPS) is 13.2. The van der Waals surface area contributed by atoms with E-state index in [0.29, 0.717) is 28.5 Å². The molecule has 0 bridgehead atoms. The molecule has 0 spiro atoms. The fourth-order valence-corrected chi connectivity index (χ4v) is 1.74. The molecule has 2 rings (SSSR count). The van der Waals surface area contributed by atoms with Gasteiger partial charge in [-0.3, -0.25) is 0 Å². The number of nitrogens with zero attached hydrogens (tertiary/aromatic N) is 3. The quantitative estimate of drug-likeness (QED) is 0.922. The molecular weight excluding hydrogens is 249 g/mol. The van der Waals surface area contributed by atoms with E-state index in [9.17, 15) is 5.11 Å². The Balaban J connectivity index is 2.44. The van der Waals surface area contributed by atoms with E-state index in [1.165, 1.54) is 0 Å². The van der Waals surface area contributed by atoms with Crippen molar-refractivity contribution >= 4 is 34.2 Å². The average Bonchev–Trinajstić information content (AvgIpc) is 2.62. The maximum Gasteiger partial charge on any atom is 0.114 e. The summed E-state index contributed by atoms with van der Waals surface area (Å²) in [6.45, 7) is 2.32. The molecule has 0 aliphatic rings. The van der Waals surface area contributed by atoms with Crippen LogP contribution in [0.15, 0.2) is 12.1 Å². The third-order valence-corrected chi connectivity index (χ3v) is 3.13. The molecule has 4 nitrogen and oxygen atoms in total. The molecule has 86 valence electrons. The van der Waals surface area contributed by atoms with Gasteiger partial charge in [0.05, 0.1) is 28.2 Å². The number of aliphatic hydroxyl groups is 1. The van der Waals surface area contributed by atoms with Crippen molar-refractivity contribution in [2.45, 2.75) is 26.0 Å². The zero-order chi connectivity index (χ0) is 11.7. The molecule has 0 fully saturated rings. The predicted octanol–water partition coefficient (Wildman–Crippen LogP) is 2.51. The van der Waals surface area contributed by atoms with Gasteiger partial charge >= 0.3 is 0 Å². The van der Waals surface area contributed by atoms with Crippen molar-refractivity contribution in [2.75, 3.05) is 0 Å². The zero-order valence-corrected chi connectivity index (χ0v) is 10.2. The minimum absolute atomic E-state index is 0.408. The highest BCUT2D eigenvalue weighted by Gasteiger charge is 2.10. The predicted molar refractivity (Wildman–Crippen MR) is 63.8 cm³/mol. The summed E-state index contributed by atoms with van der Waals surface area (Å²) in [5, 5.41) is 18.4. The molecular formula is C10H11Cl2N3O. The van der Waals surface area contributed by atoms with Crippen molar-refractivity contribution in [3.8, 4) is 0 Å². The molecule has 1 aromatic carbocycles. The van der Waals surface area contributed by atoms with Crippen LogP contribution < -0.4 is 0 Å². The second-order valence-electron chi connectivity index (χ2n) is 3.59. The van der Waals surface area contributed by atoms with E-state index >= 15 is 0 Å². The van der Waals surface area contributed by atoms with Crippen molar-refractivity contribution in [1.29, 1.82) is 0 Å². The van der Waals surface area contributed by atoms with Crippen LogP contribution >= 0.6 is 23.2 Å². The molecule has 0 saturated carbocycles. The lowest BCUT2D eigenvalue weighted by Crippen LogP contribution is -2.15. The summed E-state index contributed by atoms with van der Waals surface area (Å²) in [7, 11) is 0. The average molecular weight is 260 g/mol. The molecule has 1 heterocycles. The Bertz CT molecular complexity index is 512. The first-order valence-corrected chi connectivity index (χ1v) is 5.73. The number of fused-ring (bicyclic) bond motifs is 1. The zero-order valence-electron chi connectivity index (χ0n) is 8.69. The first-order valence-electron chi connectivity index (χ1n) is 4.98. The molecule has 1 atom stereocenters. The van der Waals surface area contributed by atoms with E-state index in [4.69, 9.17) is 23.2 Å². The monoisotopic (exact) mass is 259 g/mol. The fourth-order valence-electron chi connectivity index (χ4n) is 1.43. The Morgan fingerprint density at radius 2 is 2.06 bits per heavy atom. The Morgan fingerprint density at radius 3 is 2.75 bits per heavy atom. The van der Waals surface area contributed by atoms with E-state index < -0.39 is 6.10 Å². The number of benzene rings is 1. The van der Waals surface area contributed by atoms with Gasteiger partial charge in [0.1, 0.15) is 5.52 Å². The van der Waals surface area contributed by atoms with Gasteiger partial charge in [-0.25, -0.2) is 4.68 Å². The Kier molecular flexibility index (Phi) is 3.33. The third-order valence-electron chi connectivity index (χ3n) is 2.41. The van der Waals surface area contributed by atoms with E-state index in [-0.39, 0.29) is 0 Å². The standard InChI is InChI=1S/C10H11Cl2N3O/c1-2-6(16)5-15-10-4-8(12)7(11)3-9(10)13-14-15/h3-4,6,16H,2,5H2,1H3. The molecule has 0 aliphatic heterocycles. The fraction of sp³-hybridized carbons (Fsp3) is 0.400. The second kappa shape index (κ2) is 4.57. The van der Waals surface area contributed by atoms with Crippen LogP contribution in [0, 0.1) is 0 Å². The molecule has 1 N–H and O–H groups in total. The number of rotatable bonds is 3. The van der Waals surface area contributed by atoms with Crippen LogP contribution in [0.2, 0.25) is 10.0 Å². The van der Waals surface area contributed by atoms with Gasteiger partial charge in [-0.1, -0.05) is 35.3 Å². The topological polar surface area (TPSA) is 50.9 Å². The van der Waals surface area contributed by atoms with Crippen molar-refractivity contribution in [3.05, 3.63) is 22.2 Å². The van der Waals surface area contributed by atoms with Gasteiger partial charge in [-0.05, 0) is 18.6 Å². The van der Waals surface area contributed by atoms with E-state index in [2.05, 4.69) is 10.3 Å². The maximum atomic E-state index is 9.57. The van der Waals surface area contributed by atoms with Crippen molar-refractivity contribution in [3.63, 3.8) is 0 Å². The highest BCUT2D eigenvalue weighted by Crippen LogP contribution is 2.26. The Hall–Kier alpha value is -0.840. The minimum atomic E-state index is -0.431. The van der Waals surface area contributed by atoms with Gasteiger partial charge in [-0.2, -0.15) is 0 Å². The van der Waals surface area contributed by atoms with Crippen LogP contribution in [0.3, 0.4) is 0 Å². The van der Waals surface area contributed by atoms with Gasteiger partial charge in [0.25, 0.3) is 0 Å². The molecule has 0 saturated heterocycles. The highest BCUT2D eigenvalue weighted by atomic mass is 35.5. The maximum absolute atomic E-state index is 9.57. The van der Waals surface area contributed by atoms with Crippen molar-refractivity contribution in [2.24, 2.45) is 0 Å². The lowest BCUT2D eigenvalue weighted by Gasteiger charge is -2.07. The molecule has 0 amide bonds. The van der Waals surface area contributed by atoms with Crippen LogP contribution in [0.4, 0.5) is 0 Å². The number of hydrogen-bond acceptors (Lipinski definition) is 3. The SMILES string of the molecule is CCC(O)Cn1nnc2cc(Cl)c(Cl)cc21. The largest absolute Gasteiger partial charge is 0.391 e. The number of aromatic nitrogens is 3. The summed E-state index contributed by atoms with van der Waals surface area (Å²) in [6.07, 6.45) is 0.238. The molecule has 0 radical (unpaired) electrons. The van der Waals surface area contributed by atoms with Crippen LogP contribution in [-0.4, -0.2) is 26.2 Å². The summed E-state index contributed by atoms with van der Waals surface area (Å²) in [5.41, 5.74) is 1.46. The van der Waals surface area contributed by atoms with Gasteiger partial charge in [0.15, 0.2) is 0 Å². The molecule has 0 aliphatic carbocycles. The van der Waals surface area contributed by atoms with Crippen LogP contribution in [0.25, 0.3) is 11.0 Å². The van der Waals surface area contributed by atoms with Crippen LogP contribution in [-0.2, 0) is 6.54 Å². The summed E-state index contributed by atoms with van der Waals surface area (Å²) < 4.78 is 1.63. The van der Waals surface area contributed by atoms with Gasteiger partial charge in [0, 0.05) is 0 Å². The van der Waals surface area contributed by atoms with Gasteiger partial charge in [0.2, 0.25) is 0 Å². The molecule has 2 aromatic rings. The smallest absolute Gasteiger partial charge is 0.114 e. The molecule has 1 aromatic heterocycles. The summed E-state index contributed by atoms with van der Waals surface area (Å²) >= 11 is 11.8. The first-order chi connectivity index (χ1) is 7.61. The molecule has 1 unspecified atom stereocenters. The second-order valence-corrected chi connectivity index (χ2v) is 4.40. The lowest BCUT2D eigenvalue weighted by atomic mass is 10.2. The number of aliphatic hydroxyl groups excluding tert-OH is 1. The van der Waals surface area contributed by atoms with Crippen LogP contribution in [0.5, 0.6) is 0 Å². The van der Waals surface area contributed by atoms with Gasteiger partial charge < -0.3 is 5.11 Å². The lowest BCUT2D eigenvalue weighted by molar-refractivity contribution is 0.146. The van der Waals surface area contributed by atoms with Crippen LogP contribution in [0.1, 0.15) is 13.3 Å². The minimum Gasteiger partial charge on any atom is -0.391 e. The summed E-state index contributed by atoms with van der Waals surface area (Å²) in [5.74, 6) is 0. The molecule has 6 heteroatoms.